The van der Waals surface area contributed by atoms with Gasteiger partial charge in [0.1, 0.15) is 18.5 Å². The van der Waals surface area contributed by atoms with Gasteiger partial charge in [-0.2, -0.15) is 0 Å². The molecule has 0 radical (unpaired) electrons. The molecule has 5 heteroatoms. The molecule has 0 aliphatic rings. The van der Waals surface area contributed by atoms with Gasteiger partial charge in [0.15, 0.2) is 0 Å². The predicted molar refractivity (Wildman–Crippen MR) is 92.2 cm³/mol. The minimum atomic E-state index is -0.631. The van der Waals surface area contributed by atoms with Gasteiger partial charge < -0.3 is 14.4 Å². The van der Waals surface area contributed by atoms with Crippen LogP contribution >= 0.6 is 11.6 Å². The number of hydrogen-bond acceptors (Lipinski definition) is 3. The summed E-state index contributed by atoms with van der Waals surface area (Å²) in [6.45, 7) is 4.77. The highest BCUT2D eigenvalue weighted by atomic mass is 35.5. The molecule has 0 saturated carbocycles. The van der Waals surface area contributed by atoms with E-state index in [1.54, 1.807) is 18.5 Å². The Balaban J connectivity index is 1.68. The van der Waals surface area contributed by atoms with Crippen LogP contribution in [-0.4, -0.2) is 27.4 Å². The fourth-order valence-electron chi connectivity index (χ4n) is 2.49. The quantitative estimate of drug-likeness (QED) is 0.775. The number of nitrogens with zero attached hydrogens (tertiary/aromatic N) is 2. The summed E-state index contributed by atoms with van der Waals surface area (Å²) in [6.07, 6.45) is 1.12. The molecule has 23 heavy (non-hydrogen) atoms. The van der Waals surface area contributed by atoms with Crippen molar-refractivity contribution in [3.63, 3.8) is 0 Å². The van der Waals surface area contributed by atoms with E-state index in [2.05, 4.69) is 31.0 Å². The van der Waals surface area contributed by atoms with Gasteiger partial charge in [0.05, 0.1) is 23.9 Å². The Morgan fingerprint density at radius 3 is 2.78 bits per heavy atom. The van der Waals surface area contributed by atoms with Crippen LogP contribution in [0.4, 0.5) is 0 Å². The lowest BCUT2D eigenvalue weighted by atomic mass is 10.1. The first-order chi connectivity index (χ1) is 11.0. The number of aromatic nitrogens is 2. The van der Waals surface area contributed by atoms with Crippen molar-refractivity contribution in [3.05, 3.63) is 58.9 Å². The number of aliphatic hydroxyl groups is 1. The van der Waals surface area contributed by atoms with Crippen molar-refractivity contribution in [1.29, 1.82) is 0 Å². The zero-order valence-electron chi connectivity index (χ0n) is 13.2. The molecule has 0 bridgehead atoms. The molecule has 1 aromatic heterocycles. The summed E-state index contributed by atoms with van der Waals surface area (Å²) >= 11 is 5.91. The maximum Gasteiger partial charge on any atom is 0.120 e. The summed E-state index contributed by atoms with van der Waals surface area (Å²) in [6, 6.07) is 11.3. The third kappa shape index (κ3) is 3.66. The molecule has 2 aromatic carbocycles. The first kappa shape index (κ1) is 15.8. The molecule has 4 nitrogen and oxygen atoms in total. The highest BCUT2D eigenvalue weighted by Crippen LogP contribution is 2.20. The summed E-state index contributed by atoms with van der Waals surface area (Å²) in [5.41, 5.74) is 4.39. The van der Waals surface area contributed by atoms with Gasteiger partial charge in [-0.1, -0.05) is 17.7 Å². The molecule has 3 rings (SSSR count). The van der Waals surface area contributed by atoms with Crippen LogP contribution in [0.5, 0.6) is 5.75 Å². The van der Waals surface area contributed by atoms with Crippen LogP contribution in [0.25, 0.3) is 11.0 Å². The van der Waals surface area contributed by atoms with Crippen molar-refractivity contribution >= 4 is 22.6 Å². The maximum atomic E-state index is 10.2. The Hall–Kier alpha value is -2.04. The second-order valence-corrected chi connectivity index (χ2v) is 6.18. The summed E-state index contributed by atoms with van der Waals surface area (Å²) in [7, 11) is 0. The fraction of sp³-hybridized carbons (Fsp3) is 0.278. The number of fused-ring (bicyclic) bond motifs is 1. The third-order valence-corrected chi connectivity index (χ3v) is 4.12. The van der Waals surface area contributed by atoms with E-state index in [4.69, 9.17) is 16.3 Å². The van der Waals surface area contributed by atoms with Gasteiger partial charge >= 0.3 is 0 Å². The first-order valence-electron chi connectivity index (χ1n) is 7.51. The molecule has 0 saturated heterocycles. The van der Waals surface area contributed by atoms with Gasteiger partial charge in [-0.3, -0.25) is 0 Å². The van der Waals surface area contributed by atoms with E-state index in [9.17, 15) is 5.11 Å². The SMILES string of the molecule is Cc1cc2ncn(C[C@H](O)COc3cccc(Cl)c3)c2cc1C. The highest BCUT2D eigenvalue weighted by Gasteiger charge is 2.11. The topological polar surface area (TPSA) is 47.3 Å². The van der Waals surface area contributed by atoms with Crippen LogP contribution < -0.4 is 4.74 Å². The normalized spacial score (nSPS) is 12.5. The van der Waals surface area contributed by atoms with Crippen LogP contribution in [0.3, 0.4) is 0 Å². The molecular formula is C18H19ClN2O2. The number of aliphatic hydroxyl groups excluding tert-OH is 1. The van der Waals surface area contributed by atoms with Gasteiger partial charge in [-0.25, -0.2) is 4.98 Å². The number of benzene rings is 2. The Kier molecular flexibility index (Phi) is 4.55. The molecule has 3 aromatic rings. The average Bonchev–Trinajstić information content (AvgIpc) is 2.88. The van der Waals surface area contributed by atoms with Crippen molar-refractivity contribution in [3.8, 4) is 5.75 Å². The number of rotatable bonds is 5. The molecule has 0 aliphatic heterocycles. The number of hydrogen-bond donors (Lipinski definition) is 1. The fourth-order valence-corrected chi connectivity index (χ4v) is 2.67. The molecule has 120 valence electrons. The Morgan fingerprint density at radius 1 is 1.22 bits per heavy atom. The number of ether oxygens (including phenoxy) is 1. The Morgan fingerprint density at radius 2 is 2.00 bits per heavy atom. The zero-order chi connectivity index (χ0) is 16.4. The zero-order valence-corrected chi connectivity index (χ0v) is 13.9. The Bertz CT molecular complexity index is 829. The average molecular weight is 331 g/mol. The molecule has 0 aliphatic carbocycles. The molecule has 1 atom stereocenters. The van der Waals surface area contributed by atoms with Crippen LogP contribution in [0.15, 0.2) is 42.7 Å². The van der Waals surface area contributed by atoms with E-state index in [0.717, 1.165) is 11.0 Å². The summed E-state index contributed by atoms with van der Waals surface area (Å²) in [5, 5.41) is 10.8. The van der Waals surface area contributed by atoms with Crippen molar-refractivity contribution < 1.29 is 9.84 Å². The van der Waals surface area contributed by atoms with Gasteiger partial charge in [0.25, 0.3) is 0 Å². The monoisotopic (exact) mass is 330 g/mol. The van der Waals surface area contributed by atoms with Crippen LogP contribution in [0.2, 0.25) is 5.02 Å². The molecule has 1 N–H and O–H groups in total. The molecule has 1 heterocycles. The standard InChI is InChI=1S/C18H19ClN2O2/c1-12-6-17-18(7-13(12)2)21(11-20-17)9-15(22)10-23-16-5-3-4-14(19)8-16/h3-8,11,15,22H,9-10H2,1-2H3/t15-/m0/s1. The molecule has 0 spiro atoms. The summed E-state index contributed by atoms with van der Waals surface area (Å²) in [5.74, 6) is 0.651. The Labute approximate surface area is 140 Å². The number of imidazole rings is 1. The van der Waals surface area contributed by atoms with Crippen molar-refractivity contribution in [1.82, 2.24) is 9.55 Å². The van der Waals surface area contributed by atoms with Gasteiger partial charge in [0, 0.05) is 5.02 Å². The molecular weight excluding hydrogens is 312 g/mol. The minimum Gasteiger partial charge on any atom is -0.491 e. The van der Waals surface area contributed by atoms with E-state index in [0.29, 0.717) is 17.3 Å². The van der Waals surface area contributed by atoms with E-state index in [1.807, 2.05) is 16.7 Å². The lowest BCUT2D eigenvalue weighted by molar-refractivity contribution is 0.0934. The minimum absolute atomic E-state index is 0.199. The van der Waals surface area contributed by atoms with Crippen molar-refractivity contribution in [2.24, 2.45) is 0 Å². The summed E-state index contributed by atoms with van der Waals surface area (Å²) < 4.78 is 7.54. The van der Waals surface area contributed by atoms with E-state index >= 15 is 0 Å². The van der Waals surface area contributed by atoms with Gasteiger partial charge in [-0.05, 0) is 55.3 Å². The predicted octanol–water partition coefficient (Wildman–Crippen LogP) is 3.75. The smallest absolute Gasteiger partial charge is 0.120 e. The van der Waals surface area contributed by atoms with Crippen molar-refractivity contribution in [2.45, 2.75) is 26.5 Å². The lowest BCUT2D eigenvalue weighted by Gasteiger charge is -2.14. The maximum absolute atomic E-state index is 10.2. The van der Waals surface area contributed by atoms with Gasteiger partial charge in [0.2, 0.25) is 0 Å². The number of aryl methyl sites for hydroxylation is 2. The van der Waals surface area contributed by atoms with E-state index < -0.39 is 6.10 Å². The molecule has 0 unspecified atom stereocenters. The van der Waals surface area contributed by atoms with Crippen LogP contribution in [-0.2, 0) is 6.54 Å². The second-order valence-electron chi connectivity index (χ2n) is 5.74. The van der Waals surface area contributed by atoms with E-state index in [-0.39, 0.29) is 6.61 Å². The first-order valence-corrected chi connectivity index (χ1v) is 7.89. The molecule has 0 amide bonds. The second kappa shape index (κ2) is 6.60. The van der Waals surface area contributed by atoms with E-state index in [1.165, 1.54) is 11.1 Å². The highest BCUT2D eigenvalue weighted by molar-refractivity contribution is 6.30. The summed E-state index contributed by atoms with van der Waals surface area (Å²) in [4.78, 5) is 4.40. The van der Waals surface area contributed by atoms with Crippen molar-refractivity contribution in [2.75, 3.05) is 6.61 Å². The van der Waals surface area contributed by atoms with Crippen LogP contribution in [0, 0.1) is 13.8 Å². The van der Waals surface area contributed by atoms with Gasteiger partial charge in [-0.15, -0.1) is 0 Å². The van der Waals surface area contributed by atoms with Crippen LogP contribution in [0.1, 0.15) is 11.1 Å². The molecule has 0 fully saturated rings. The third-order valence-electron chi connectivity index (χ3n) is 3.88. The largest absolute Gasteiger partial charge is 0.491 e. The lowest BCUT2D eigenvalue weighted by Crippen LogP contribution is -2.23. The number of halogens is 1.